The molecule has 3 heterocycles. The number of hydrogen-bond acceptors (Lipinski definition) is 5. The normalized spacial score (nSPS) is 18.0. The van der Waals surface area contributed by atoms with Crippen molar-refractivity contribution in [3.8, 4) is 0 Å². The molecule has 0 spiro atoms. The van der Waals surface area contributed by atoms with Crippen molar-refractivity contribution >= 4 is 17.4 Å². The predicted molar refractivity (Wildman–Crippen MR) is 107 cm³/mol. The Hall–Kier alpha value is -1.99. The lowest BCUT2D eigenvalue weighted by Gasteiger charge is -2.22. The molecule has 2 aromatic rings. The van der Waals surface area contributed by atoms with Gasteiger partial charge in [-0.2, -0.15) is 0 Å². The summed E-state index contributed by atoms with van der Waals surface area (Å²) in [6, 6.07) is 4.12. The summed E-state index contributed by atoms with van der Waals surface area (Å²) in [5.74, 6) is 0. The number of aryl methyl sites for hydroxylation is 2. The van der Waals surface area contributed by atoms with Gasteiger partial charge in [-0.25, -0.2) is 9.78 Å². The predicted octanol–water partition coefficient (Wildman–Crippen LogP) is 2.83. The molecule has 1 aliphatic heterocycles. The highest BCUT2D eigenvalue weighted by molar-refractivity contribution is 7.11. The summed E-state index contributed by atoms with van der Waals surface area (Å²) in [5, 5.41) is 4.12. The molecule has 4 rings (SSSR count). The van der Waals surface area contributed by atoms with E-state index in [0.29, 0.717) is 6.54 Å². The molecule has 0 unspecified atom stereocenters. The molecule has 2 aromatic heterocycles. The van der Waals surface area contributed by atoms with Gasteiger partial charge >= 0.3 is 6.03 Å². The standard InChI is InChI=1S/C20H27N5OS/c26-20(22-14-19-23-17-6-1-2-7-18(17)27-19)25-10-4-9-24(11-12-25)15-16-5-3-8-21-13-16/h3,5,8,13H,1-2,4,6-7,9-12,14-15H2,(H,22,26). The number of amides is 2. The van der Waals surface area contributed by atoms with Crippen LogP contribution in [-0.4, -0.2) is 52.0 Å². The zero-order valence-corrected chi connectivity index (χ0v) is 16.5. The van der Waals surface area contributed by atoms with E-state index in [0.717, 1.165) is 57.0 Å². The van der Waals surface area contributed by atoms with Crippen molar-refractivity contribution in [1.29, 1.82) is 0 Å². The first-order valence-electron chi connectivity index (χ1n) is 9.89. The van der Waals surface area contributed by atoms with Gasteiger partial charge in [-0.1, -0.05) is 6.07 Å². The van der Waals surface area contributed by atoms with Crippen LogP contribution >= 0.6 is 11.3 Å². The number of hydrogen-bond donors (Lipinski definition) is 1. The van der Waals surface area contributed by atoms with Crippen LogP contribution in [0.25, 0.3) is 0 Å². The average molecular weight is 386 g/mol. The van der Waals surface area contributed by atoms with Crippen LogP contribution in [0, 0.1) is 0 Å². The van der Waals surface area contributed by atoms with Gasteiger partial charge < -0.3 is 10.2 Å². The first kappa shape index (κ1) is 18.4. The van der Waals surface area contributed by atoms with Gasteiger partial charge in [0.25, 0.3) is 0 Å². The second-order valence-corrected chi connectivity index (χ2v) is 8.49. The molecule has 0 aromatic carbocycles. The maximum atomic E-state index is 12.6. The van der Waals surface area contributed by atoms with Gasteiger partial charge in [-0.05, 0) is 43.7 Å². The van der Waals surface area contributed by atoms with Crippen molar-refractivity contribution in [3.05, 3.63) is 45.7 Å². The molecule has 1 N–H and O–H groups in total. The maximum Gasteiger partial charge on any atom is 0.317 e. The monoisotopic (exact) mass is 385 g/mol. The first-order chi connectivity index (χ1) is 13.3. The molecule has 0 radical (unpaired) electrons. The molecule has 6 nitrogen and oxygen atoms in total. The lowest BCUT2D eigenvalue weighted by atomic mass is 10.0. The van der Waals surface area contributed by atoms with Crippen molar-refractivity contribution in [2.24, 2.45) is 0 Å². The number of fused-ring (bicyclic) bond motifs is 1. The van der Waals surface area contributed by atoms with Crippen molar-refractivity contribution in [1.82, 2.24) is 25.1 Å². The molecular formula is C20H27N5OS. The molecule has 27 heavy (non-hydrogen) atoms. The van der Waals surface area contributed by atoms with Crippen LogP contribution in [0.3, 0.4) is 0 Å². The van der Waals surface area contributed by atoms with E-state index in [1.54, 1.807) is 17.5 Å². The quantitative estimate of drug-likeness (QED) is 0.879. The minimum atomic E-state index is 0.0337. The van der Waals surface area contributed by atoms with Crippen LogP contribution in [0.1, 0.15) is 40.4 Å². The molecule has 0 bridgehead atoms. The van der Waals surface area contributed by atoms with Crippen LogP contribution in [0.5, 0.6) is 0 Å². The summed E-state index contributed by atoms with van der Waals surface area (Å²) >= 11 is 1.77. The van der Waals surface area contributed by atoms with E-state index in [2.05, 4.69) is 21.3 Å². The number of aromatic nitrogens is 2. The summed E-state index contributed by atoms with van der Waals surface area (Å²) in [7, 11) is 0. The van der Waals surface area contributed by atoms with Crippen LogP contribution in [0.4, 0.5) is 4.79 Å². The van der Waals surface area contributed by atoms with Crippen LogP contribution in [0.15, 0.2) is 24.5 Å². The number of pyridine rings is 1. The first-order valence-corrected chi connectivity index (χ1v) is 10.7. The van der Waals surface area contributed by atoms with Gasteiger partial charge in [-0.3, -0.25) is 9.88 Å². The Balaban J connectivity index is 1.26. The molecule has 0 saturated carbocycles. The highest BCUT2D eigenvalue weighted by Gasteiger charge is 2.20. The van der Waals surface area contributed by atoms with Gasteiger partial charge in [0.2, 0.25) is 0 Å². The summed E-state index contributed by atoms with van der Waals surface area (Å²) < 4.78 is 0. The number of urea groups is 1. The minimum Gasteiger partial charge on any atom is -0.331 e. The number of carbonyl (C=O) groups is 1. The van der Waals surface area contributed by atoms with Gasteiger partial charge in [-0.15, -0.1) is 11.3 Å². The molecule has 0 atom stereocenters. The maximum absolute atomic E-state index is 12.6. The Morgan fingerprint density at radius 1 is 1.15 bits per heavy atom. The number of nitrogens with one attached hydrogen (secondary N) is 1. The molecule has 1 saturated heterocycles. The highest BCUT2D eigenvalue weighted by atomic mass is 32.1. The van der Waals surface area contributed by atoms with E-state index in [1.807, 2.05) is 17.2 Å². The third-order valence-electron chi connectivity index (χ3n) is 5.29. The zero-order chi connectivity index (χ0) is 18.5. The highest BCUT2D eigenvalue weighted by Crippen LogP contribution is 2.26. The van der Waals surface area contributed by atoms with E-state index < -0.39 is 0 Å². The van der Waals surface area contributed by atoms with E-state index in [1.165, 1.54) is 29.0 Å². The number of rotatable bonds is 4. The van der Waals surface area contributed by atoms with E-state index in [-0.39, 0.29) is 6.03 Å². The van der Waals surface area contributed by atoms with Gasteiger partial charge in [0.1, 0.15) is 5.01 Å². The van der Waals surface area contributed by atoms with Gasteiger partial charge in [0.05, 0.1) is 12.2 Å². The molecule has 7 heteroatoms. The lowest BCUT2D eigenvalue weighted by molar-refractivity contribution is 0.197. The zero-order valence-electron chi connectivity index (χ0n) is 15.7. The molecule has 2 aliphatic rings. The molecular weight excluding hydrogens is 358 g/mol. The Labute approximate surface area is 164 Å². The van der Waals surface area contributed by atoms with Crippen molar-refractivity contribution < 1.29 is 4.79 Å². The molecule has 2 amide bonds. The second-order valence-electron chi connectivity index (χ2n) is 7.32. The topological polar surface area (TPSA) is 61.4 Å². The van der Waals surface area contributed by atoms with E-state index in [9.17, 15) is 4.79 Å². The second kappa shape index (κ2) is 8.80. The molecule has 1 aliphatic carbocycles. The summed E-state index contributed by atoms with van der Waals surface area (Å²) in [5.41, 5.74) is 2.49. The van der Waals surface area contributed by atoms with Crippen molar-refractivity contribution in [3.63, 3.8) is 0 Å². The number of thiazole rings is 1. The fourth-order valence-electron chi connectivity index (χ4n) is 3.83. The molecule has 144 valence electrons. The minimum absolute atomic E-state index is 0.0337. The summed E-state index contributed by atoms with van der Waals surface area (Å²) in [4.78, 5) is 27.3. The Morgan fingerprint density at radius 2 is 2.07 bits per heavy atom. The number of carbonyl (C=O) groups excluding carboxylic acids is 1. The van der Waals surface area contributed by atoms with E-state index in [4.69, 9.17) is 4.98 Å². The lowest BCUT2D eigenvalue weighted by Crippen LogP contribution is -2.41. The fourth-order valence-corrected chi connectivity index (χ4v) is 4.92. The largest absolute Gasteiger partial charge is 0.331 e. The Morgan fingerprint density at radius 3 is 2.93 bits per heavy atom. The fraction of sp³-hybridized carbons (Fsp3) is 0.550. The van der Waals surface area contributed by atoms with Gasteiger partial charge in [0.15, 0.2) is 0 Å². The third-order valence-corrected chi connectivity index (χ3v) is 6.44. The molecule has 1 fully saturated rings. The summed E-state index contributed by atoms with van der Waals surface area (Å²) in [6.07, 6.45) is 9.48. The van der Waals surface area contributed by atoms with E-state index >= 15 is 0 Å². The van der Waals surface area contributed by atoms with Crippen molar-refractivity contribution in [2.45, 2.75) is 45.2 Å². The van der Waals surface area contributed by atoms with Crippen molar-refractivity contribution in [2.75, 3.05) is 26.2 Å². The Kier molecular flexibility index (Phi) is 5.99. The van der Waals surface area contributed by atoms with Crippen LogP contribution in [-0.2, 0) is 25.9 Å². The van der Waals surface area contributed by atoms with Crippen LogP contribution < -0.4 is 5.32 Å². The SMILES string of the molecule is O=C(NCc1nc2c(s1)CCCC2)N1CCCN(Cc2cccnc2)CC1. The smallest absolute Gasteiger partial charge is 0.317 e. The van der Waals surface area contributed by atoms with Gasteiger partial charge in [0, 0.05) is 50.0 Å². The number of nitrogens with zero attached hydrogens (tertiary/aromatic N) is 4. The third kappa shape index (κ3) is 4.84. The Bertz CT molecular complexity index is 739. The average Bonchev–Trinajstić information content (AvgIpc) is 2.98. The van der Waals surface area contributed by atoms with Crippen LogP contribution in [0.2, 0.25) is 0 Å². The summed E-state index contributed by atoms with van der Waals surface area (Å²) in [6.45, 7) is 4.93.